The number of aromatic hydroxyl groups is 1. The van der Waals surface area contributed by atoms with Crippen LogP contribution < -0.4 is 5.73 Å². The fourth-order valence-corrected chi connectivity index (χ4v) is 0.920. The largest absolute Gasteiger partial charge is 0.492 e. The minimum Gasteiger partial charge on any atom is -0.492 e. The first kappa shape index (κ1) is 7.63. The highest BCUT2D eigenvalue weighted by Crippen LogP contribution is 2.32. The van der Waals surface area contributed by atoms with Gasteiger partial charge in [-0.3, -0.25) is 0 Å². The van der Waals surface area contributed by atoms with Crippen LogP contribution in [-0.4, -0.2) is 10.1 Å². The minimum absolute atomic E-state index is 0.0936. The van der Waals surface area contributed by atoms with E-state index in [1.807, 2.05) is 0 Å². The number of nitrogens with zero attached hydrogens (tertiary/aromatic N) is 1. The van der Waals surface area contributed by atoms with Gasteiger partial charge < -0.3 is 10.8 Å². The maximum atomic E-state index is 8.88. The van der Waals surface area contributed by atoms with Crippen molar-refractivity contribution < 1.29 is 5.11 Å². The first-order chi connectivity index (χ1) is 4.63. The molecule has 1 rings (SSSR count). The van der Waals surface area contributed by atoms with Crippen LogP contribution in [0.4, 0.5) is 5.69 Å². The molecule has 0 spiro atoms. The molecule has 3 nitrogen and oxygen atoms in total. The number of hydrogen-bond acceptors (Lipinski definition) is 3. The molecule has 3 N–H and O–H groups in total. The molecule has 0 aliphatic heterocycles. The number of anilines is 1. The van der Waals surface area contributed by atoms with Gasteiger partial charge in [0.2, 0.25) is 5.88 Å². The molecule has 1 aromatic heterocycles. The predicted octanol–water partition coefficient (Wildman–Crippen LogP) is 1.79. The van der Waals surface area contributed by atoms with Gasteiger partial charge in [0.15, 0.2) is 0 Å². The molecule has 1 aromatic rings. The lowest BCUT2D eigenvalue weighted by Crippen LogP contribution is -1.89. The summed E-state index contributed by atoms with van der Waals surface area (Å²) in [5, 5.41) is 9.17. The summed E-state index contributed by atoms with van der Waals surface area (Å²) in [4.78, 5) is 3.54. The summed E-state index contributed by atoms with van der Waals surface area (Å²) in [6.45, 7) is 0. The average Bonchev–Trinajstić information content (AvgIpc) is 1.93. The molecule has 0 saturated heterocycles. The van der Waals surface area contributed by atoms with E-state index >= 15 is 0 Å². The topological polar surface area (TPSA) is 59.1 Å². The summed E-state index contributed by atoms with van der Waals surface area (Å²) in [5.41, 5.74) is 5.40. The third-order valence-corrected chi connectivity index (χ3v) is 2.22. The van der Waals surface area contributed by atoms with Crippen molar-refractivity contribution in [1.82, 2.24) is 4.98 Å². The SMILES string of the molecule is Nc1c(O)ncc(Br)c1Cl. The van der Waals surface area contributed by atoms with Crippen molar-refractivity contribution in [3.05, 3.63) is 15.7 Å². The number of pyridine rings is 1. The van der Waals surface area contributed by atoms with E-state index in [1.165, 1.54) is 6.20 Å². The van der Waals surface area contributed by atoms with Crippen LogP contribution in [0.15, 0.2) is 10.7 Å². The second-order valence-corrected chi connectivity index (χ2v) is 2.89. The number of rotatable bonds is 0. The zero-order valence-electron chi connectivity index (χ0n) is 4.81. The Morgan fingerprint density at radius 2 is 2.30 bits per heavy atom. The number of halogens is 2. The number of hydrogen-bond donors (Lipinski definition) is 2. The lowest BCUT2D eigenvalue weighted by atomic mass is 10.4. The summed E-state index contributed by atoms with van der Waals surface area (Å²) < 4.78 is 0.574. The number of nitrogens with two attached hydrogens (primary N) is 1. The van der Waals surface area contributed by atoms with Crippen molar-refractivity contribution in [2.45, 2.75) is 0 Å². The molecule has 5 heteroatoms. The van der Waals surface area contributed by atoms with Gasteiger partial charge in [-0.15, -0.1) is 0 Å². The average molecular weight is 223 g/mol. The van der Waals surface area contributed by atoms with E-state index < -0.39 is 0 Å². The van der Waals surface area contributed by atoms with E-state index in [9.17, 15) is 0 Å². The molecule has 54 valence electrons. The van der Waals surface area contributed by atoms with Gasteiger partial charge in [0.05, 0.1) is 9.50 Å². The van der Waals surface area contributed by atoms with Gasteiger partial charge >= 0.3 is 0 Å². The van der Waals surface area contributed by atoms with Crippen molar-refractivity contribution in [2.24, 2.45) is 0 Å². The Kier molecular flexibility index (Phi) is 2.01. The van der Waals surface area contributed by atoms with Gasteiger partial charge in [0, 0.05) is 6.20 Å². The van der Waals surface area contributed by atoms with Crippen molar-refractivity contribution in [3.8, 4) is 5.88 Å². The third kappa shape index (κ3) is 1.17. The second kappa shape index (κ2) is 2.64. The van der Waals surface area contributed by atoms with Crippen LogP contribution in [0.3, 0.4) is 0 Å². The predicted molar refractivity (Wildman–Crippen MR) is 43.0 cm³/mol. The molecule has 0 aromatic carbocycles. The van der Waals surface area contributed by atoms with Crippen LogP contribution in [0.25, 0.3) is 0 Å². The van der Waals surface area contributed by atoms with E-state index in [0.717, 1.165) is 0 Å². The summed E-state index contributed by atoms with van der Waals surface area (Å²) >= 11 is 8.71. The fraction of sp³-hybridized carbons (Fsp3) is 0. The van der Waals surface area contributed by atoms with E-state index in [2.05, 4.69) is 20.9 Å². The Hall–Kier alpha value is -0.480. The zero-order valence-corrected chi connectivity index (χ0v) is 7.15. The van der Waals surface area contributed by atoms with Crippen LogP contribution in [0.5, 0.6) is 5.88 Å². The molecule has 0 aliphatic carbocycles. The monoisotopic (exact) mass is 222 g/mol. The summed E-state index contributed by atoms with van der Waals surface area (Å²) in [5.74, 6) is -0.242. The quantitative estimate of drug-likeness (QED) is 0.705. The Labute approximate surface area is 71.0 Å². The third-order valence-electron chi connectivity index (χ3n) is 0.987. The van der Waals surface area contributed by atoms with Crippen molar-refractivity contribution in [2.75, 3.05) is 5.73 Å². The lowest BCUT2D eigenvalue weighted by Gasteiger charge is -2.00. The highest BCUT2D eigenvalue weighted by molar-refractivity contribution is 9.10. The maximum Gasteiger partial charge on any atom is 0.236 e. The number of nitrogen functional groups attached to an aromatic ring is 1. The first-order valence-electron chi connectivity index (χ1n) is 2.41. The van der Waals surface area contributed by atoms with E-state index in [1.54, 1.807) is 0 Å². The molecule has 0 fully saturated rings. The van der Waals surface area contributed by atoms with E-state index in [0.29, 0.717) is 4.47 Å². The van der Waals surface area contributed by atoms with Crippen LogP contribution in [0.1, 0.15) is 0 Å². The highest BCUT2D eigenvalue weighted by atomic mass is 79.9. The molecule has 0 amide bonds. The van der Waals surface area contributed by atoms with Crippen molar-refractivity contribution in [3.63, 3.8) is 0 Å². The van der Waals surface area contributed by atoms with Crippen LogP contribution >= 0.6 is 27.5 Å². The first-order valence-corrected chi connectivity index (χ1v) is 3.58. The molecule has 10 heavy (non-hydrogen) atoms. The normalized spacial score (nSPS) is 9.80. The molecule has 0 atom stereocenters. The van der Waals surface area contributed by atoms with Gasteiger partial charge in [-0.2, -0.15) is 0 Å². The molecule has 0 bridgehead atoms. The molecule has 1 heterocycles. The van der Waals surface area contributed by atoms with Gasteiger partial charge in [-0.1, -0.05) is 11.6 Å². The van der Waals surface area contributed by atoms with E-state index in [-0.39, 0.29) is 16.6 Å². The molecule has 0 radical (unpaired) electrons. The summed E-state index contributed by atoms with van der Waals surface area (Å²) in [6.07, 6.45) is 1.38. The number of aromatic nitrogens is 1. The molecular formula is C5H4BrClN2O. The Bertz CT molecular complexity index is 239. The van der Waals surface area contributed by atoms with Gasteiger partial charge in [0.25, 0.3) is 0 Å². The van der Waals surface area contributed by atoms with Crippen LogP contribution in [0.2, 0.25) is 5.02 Å². The Balaban J connectivity index is 3.34. The zero-order chi connectivity index (χ0) is 7.72. The fourth-order valence-electron chi connectivity index (χ4n) is 0.471. The molecular weight excluding hydrogens is 219 g/mol. The Morgan fingerprint density at radius 1 is 1.70 bits per heavy atom. The van der Waals surface area contributed by atoms with Crippen LogP contribution in [-0.2, 0) is 0 Å². The Morgan fingerprint density at radius 3 is 2.80 bits per heavy atom. The van der Waals surface area contributed by atoms with E-state index in [4.69, 9.17) is 22.4 Å². The van der Waals surface area contributed by atoms with Crippen molar-refractivity contribution >= 4 is 33.2 Å². The second-order valence-electron chi connectivity index (χ2n) is 1.66. The minimum atomic E-state index is -0.242. The van der Waals surface area contributed by atoms with Crippen molar-refractivity contribution in [1.29, 1.82) is 0 Å². The molecule has 0 unspecified atom stereocenters. The van der Waals surface area contributed by atoms with Gasteiger partial charge in [-0.05, 0) is 15.9 Å². The summed E-state index contributed by atoms with van der Waals surface area (Å²) in [7, 11) is 0. The lowest BCUT2D eigenvalue weighted by molar-refractivity contribution is 0.456. The van der Waals surface area contributed by atoms with Gasteiger partial charge in [0.1, 0.15) is 5.69 Å². The molecule has 0 saturated carbocycles. The van der Waals surface area contributed by atoms with Crippen LogP contribution in [0, 0.1) is 0 Å². The highest BCUT2D eigenvalue weighted by Gasteiger charge is 2.06. The van der Waals surface area contributed by atoms with Gasteiger partial charge in [-0.25, -0.2) is 4.98 Å². The smallest absolute Gasteiger partial charge is 0.236 e. The molecule has 0 aliphatic rings. The maximum absolute atomic E-state index is 8.88. The summed E-state index contributed by atoms with van der Waals surface area (Å²) in [6, 6.07) is 0. The standard InChI is InChI=1S/C5H4BrClN2O/c6-2-1-9-5(10)4(8)3(2)7/h1H,8H2,(H,9,10).